The van der Waals surface area contributed by atoms with Gasteiger partial charge in [-0.15, -0.1) is 0 Å². The molecule has 2 aromatic rings. The zero-order valence-electron chi connectivity index (χ0n) is 17.4. The summed E-state index contributed by atoms with van der Waals surface area (Å²) in [6.45, 7) is 5.34. The molecule has 1 N–H and O–H groups in total. The summed E-state index contributed by atoms with van der Waals surface area (Å²) in [6.07, 6.45) is 3.22. The molecule has 1 saturated heterocycles. The molecule has 1 heterocycles. The van der Waals surface area contributed by atoms with Crippen molar-refractivity contribution in [2.45, 2.75) is 6.54 Å². The van der Waals surface area contributed by atoms with E-state index in [9.17, 15) is 4.79 Å². The molecule has 6 nitrogen and oxygen atoms in total. The Hall–Kier alpha value is -2.83. The number of nitrogens with zero attached hydrogens (tertiary/aromatic N) is 2. The quantitative estimate of drug-likeness (QED) is 0.730. The van der Waals surface area contributed by atoms with Crippen LogP contribution >= 0.6 is 0 Å². The van der Waals surface area contributed by atoms with Crippen LogP contribution in [0.25, 0.3) is 6.08 Å². The van der Waals surface area contributed by atoms with Gasteiger partial charge >= 0.3 is 0 Å². The fourth-order valence-electron chi connectivity index (χ4n) is 3.28. The number of methoxy groups -OCH3 is 2. The number of carbonyl (C=O) groups excluding carboxylic acids is 1. The van der Waals surface area contributed by atoms with Crippen molar-refractivity contribution in [2.24, 2.45) is 0 Å². The minimum absolute atomic E-state index is 0.193. The number of hydrogen-bond donors (Lipinski definition) is 1. The van der Waals surface area contributed by atoms with Gasteiger partial charge in [0.25, 0.3) is 0 Å². The summed E-state index contributed by atoms with van der Waals surface area (Å²) in [5.41, 5.74) is 2.81. The zero-order valence-corrected chi connectivity index (χ0v) is 17.4. The average Bonchev–Trinajstić information content (AvgIpc) is 2.75. The standard InChI is InChI=1S/C23H29N3O3/c1-25-12-14-26(15-13-25)17-18-4-7-20(8-5-18)24-23(27)11-6-19-16-21(28-2)9-10-22(19)29-3/h4-11,16H,12-15,17H2,1-3H3,(H,24,27)/b11-6+. The van der Waals surface area contributed by atoms with Gasteiger partial charge in [0.1, 0.15) is 11.5 Å². The molecule has 0 radical (unpaired) electrons. The van der Waals surface area contributed by atoms with Crippen molar-refractivity contribution >= 4 is 17.7 Å². The summed E-state index contributed by atoms with van der Waals surface area (Å²) >= 11 is 0. The van der Waals surface area contributed by atoms with Gasteiger partial charge in [0.15, 0.2) is 0 Å². The molecule has 1 amide bonds. The maximum Gasteiger partial charge on any atom is 0.248 e. The third kappa shape index (κ3) is 6.07. The van der Waals surface area contributed by atoms with E-state index in [1.807, 2.05) is 30.3 Å². The lowest BCUT2D eigenvalue weighted by Crippen LogP contribution is -2.43. The van der Waals surface area contributed by atoms with Gasteiger partial charge in [-0.3, -0.25) is 9.69 Å². The predicted molar refractivity (Wildman–Crippen MR) is 116 cm³/mol. The average molecular weight is 396 g/mol. The SMILES string of the molecule is COc1ccc(OC)c(/C=C/C(=O)Nc2ccc(CN3CCN(C)CC3)cc2)c1. The van der Waals surface area contributed by atoms with Crippen molar-refractivity contribution in [3.63, 3.8) is 0 Å². The highest BCUT2D eigenvalue weighted by Gasteiger charge is 2.13. The normalized spacial score (nSPS) is 15.4. The van der Waals surface area contributed by atoms with E-state index in [1.165, 1.54) is 11.6 Å². The Balaban J connectivity index is 1.56. The molecule has 29 heavy (non-hydrogen) atoms. The summed E-state index contributed by atoms with van der Waals surface area (Å²) in [6, 6.07) is 13.5. The first kappa shape index (κ1) is 20.9. The molecule has 0 aliphatic carbocycles. The van der Waals surface area contributed by atoms with Crippen LogP contribution in [-0.4, -0.2) is 63.2 Å². The van der Waals surface area contributed by atoms with Crippen molar-refractivity contribution in [3.8, 4) is 11.5 Å². The highest BCUT2D eigenvalue weighted by Crippen LogP contribution is 2.25. The molecule has 0 bridgehead atoms. The third-order valence-corrected chi connectivity index (χ3v) is 5.07. The minimum atomic E-state index is -0.193. The lowest BCUT2D eigenvalue weighted by molar-refractivity contribution is -0.111. The number of piperazine rings is 1. The number of rotatable bonds is 7. The van der Waals surface area contributed by atoms with Gasteiger partial charge in [-0.1, -0.05) is 12.1 Å². The lowest BCUT2D eigenvalue weighted by atomic mass is 10.1. The Bertz CT molecular complexity index is 841. The van der Waals surface area contributed by atoms with Crippen molar-refractivity contribution in [1.29, 1.82) is 0 Å². The van der Waals surface area contributed by atoms with E-state index in [1.54, 1.807) is 20.3 Å². The van der Waals surface area contributed by atoms with E-state index in [0.29, 0.717) is 11.5 Å². The maximum absolute atomic E-state index is 12.3. The van der Waals surface area contributed by atoms with Gasteiger partial charge in [0.05, 0.1) is 14.2 Å². The Kier molecular flexibility index (Phi) is 7.27. The van der Waals surface area contributed by atoms with Crippen molar-refractivity contribution in [2.75, 3.05) is 52.8 Å². The van der Waals surface area contributed by atoms with Crippen LogP contribution in [0, 0.1) is 0 Å². The van der Waals surface area contributed by atoms with E-state index in [4.69, 9.17) is 9.47 Å². The molecule has 6 heteroatoms. The maximum atomic E-state index is 12.3. The van der Waals surface area contributed by atoms with Crippen LogP contribution in [-0.2, 0) is 11.3 Å². The van der Waals surface area contributed by atoms with E-state index in [0.717, 1.165) is 44.0 Å². The summed E-state index contributed by atoms with van der Waals surface area (Å²) in [5, 5.41) is 2.90. The highest BCUT2D eigenvalue weighted by atomic mass is 16.5. The number of benzene rings is 2. The second-order valence-electron chi connectivity index (χ2n) is 7.21. The minimum Gasteiger partial charge on any atom is -0.497 e. The third-order valence-electron chi connectivity index (χ3n) is 5.07. The van der Waals surface area contributed by atoms with Crippen LogP contribution < -0.4 is 14.8 Å². The molecular weight excluding hydrogens is 366 g/mol. The second kappa shape index (κ2) is 10.1. The highest BCUT2D eigenvalue weighted by molar-refractivity contribution is 6.02. The number of amides is 1. The van der Waals surface area contributed by atoms with Gasteiger partial charge in [0, 0.05) is 50.1 Å². The number of carbonyl (C=O) groups is 1. The van der Waals surface area contributed by atoms with Crippen molar-refractivity contribution in [3.05, 3.63) is 59.7 Å². The number of likely N-dealkylation sites (N-methyl/N-ethyl adjacent to an activating group) is 1. The Morgan fingerprint density at radius 1 is 1.03 bits per heavy atom. The topological polar surface area (TPSA) is 54.0 Å². The van der Waals surface area contributed by atoms with Crippen LogP contribution in [0.5, 0.6) is 11.5 Å². The lowest BCUT2D eigenvalue weighted by Gasteiger charge is -2.32. The molecule has 0 spiro atoms. The summed E-state index contributed by atoms with van der Waals surface area (Å²) in [4.78, 5) is 17.1. The van der Waals surface area contributed by atoms with E-state index < -0.39 is 0 Å². The molecule has 154 valence electrons. The van der Waals surface area contributed by atoms with Crippen molar-refractivity contribution in [1.82, 2.24) is 9.80 Å². The van der Waals surface area contributed by atoms with Crippen molar-refractivity contribution < 1.29 is 14.3 Å². The number of hydrogen-bond acceptors (Lipinski definition) is 5. The second-order valence-corrected chi connectivity index (χ2v) is 7.21. The van der Waals surface area contributed by atoms with Gasteiger partial charge < -0.3 is 19.7 Å². The first-order valence-electron chi connectivity index (χ1n) is 9.78. The van der Waals surface area contributed by atoms with E-state index >= 15 is 0 Å². The summed E-state index contributed by atoms with van der Waals surface area (Å²) in [5.74, 6) is 1.20. The predicted octanol–water partition coefficient (Wildman–Crippen LogP) is 3.10. The first-order chi connectivity index (χ1) is 14.1. The fourth-order valence-corrected chi connectivity index (χ4v) is 3.28. The largest absolute Gasteiger partial charge is 0.497 e. The van der Waals surface area contributed by atoms with Gasteiger partial charge in [-0.2, -0.15) is 0 Å². The molecule has 1 aliphatic heterocycles. The molecule has 0 atom stereocenters. The van der Waals surface area contributed by atoms with E-state index in [-0.39, 0.29) is 5.91 Å². The fraction of sp³-hybridized carbons (Fsp3) is 0.348. The molecule has 0 saturated carbocycles. The first-order valence-corrected chi connectivity index (χ1v) is 9.78. The van der Waals surface area contributed by atoms with E-state index in [2.05, 4.69) is 34.3 Å². The van der Waals surface area contributed by atoms with Crippen LogP contribution in [0.3, 0.4) is 0 Å². The zero-order chi connectivity index (χ0) is 20.6. The molecule has 0 aromatic heterocycles. The van der Waals surface area contributed by atoms with Gasteiger partial charge in [0.2, 0.25) is 5.91 Å². The molecule has 0 unspecified atom stereocenters. The molecule has 1 fully saturated rings. The summed E-state index contributed by atoms with van der Waals surface area (Å²) < 4.78 is 10.6. The molecule has 3 rings (SSSR count). The van der Waals surface area contributed by atoms with Crippen LogP contribution in [0.1, 0.15) is 11.1 Å². The molecular formula is C23H29N3O3. The van der Waals surface area contributed by atoms with Gasteiger partial charge in [-0.05, 0) is 49.0 Å². The number of ether oxygens (including phenoxy) is 2. The monoisotopic (exact) mass is 395 g/mol. The Morgan fingerprint density at radius 2 is 1.76 bits per heavy atom. The number of nitrogens with one attached hydrogen (secondary N) is 1. The van der Waals surface area contributed by atoms with Crippen LogP contribution in [0.2, 0.25) is 0 Å². The molecule has 1 aliphatic rings. The smallest absolute Gasteiger partial charge is 0.248 e. The Morgan fingerprint density at radius 3 is 2.41 bits per heavy atom. The van der Waals surface area contributed by atoms with Gasteiger partial charge in [-0.25, -0.2) is 0 Å². The number of anilines is 1. The molecule has 2 aromatic carbocycles. The Labute approximate surface area is 172 Å². The van der Waals surface area contributed by atoms with Crippen LogP contribution in [0.15, 0.2) is 48.5 Å². The summed E-state index contributed by atoms with van der Waals surface area (Å²) in [7, 11) is 5.37. The van der Waals surface area contributed by atoms with Crippen LogP contribution in [0.4, 0.5) is 5.69 Å².